The third-order valence-corrected chi connectivity index (χ3v) is 6.61. The number of halogens is 1. The van der Waals surface area contributed by atoms with Crippen LogP contribution in [0.3, 0.4) is 0 Å². The molecule has 0 spiro atoms. The highest BCUT2D eigenvalue weighted by Gasteiger charge is 2.19. The number of pyridine rings is 1. The van der Waals surface area contributed by atoms with E-state index < -0.39 is 0 Å². The number of carbonyl (C=O) groups excluding carboxylic acids is 1. The predicted molar refractivity (Wildman–Crippen MR) is 125 cm³/mol. The highest BCUT2D eigenvalue weighted by Crippen LogP contribution is 2.35. The number of hydrogen-bond donors (Lipinski definition) is 2. The van der Waals surface area contributed by atoms with Crippen LogP contribution in [0.2, 0.25) is 0 Å². The molecule has 0 unspecified atom stereocenters. The number of thiophene rings is 1. The molecule has 3 N–H and O–H groups in total. The molecule has 0 saturated heterocycles. The summed E-state index contributed by atoms with van der Waals surface area (Å²) in [6.07, 6.45) is 0. The summed E-state index contributed by atoms with van der Waals surface area (Å²) in [4.78, 5) is 23.1. The molecule has 1 amide bonds. The van der Waals surface area contributed by atoms with Crippen LogP contribution < -0.4 is 11.1 Å². The number of nitrogen functional groups attached to an aromatic ring is 1. The lowest BCUT2D eigenvalue weighted by Crippen LogP contribution is -2.11. The van der Waals surface area contributed by atoms with Crippen LogP contribution in [-0.2, 0) is 0 Å². The van der Waals surface area contributed by atoms with Gasteiger partial charge in [-0.2, -0.15) is 0 Å². The largest absolute Gasteiger partial charge is 0.397 e. The van der Waals surface area contributed by atoms with Gasteiger partial charge in [0.2, 0.25) is 0 Å². The number of rotatable bonds is 4. The van der Waals surface area contributed by atoms with E-state index in [-0.39, 0.29) is 11.7 Å². The summed E-state index contributed by atoms with van der Waals surface area (Å²) in [5.74, 6) is -0.640. The van der Waals surface area contributed by atoms with Crippen LogP contribution in [0, 0.1) is 5.82 Å². The zero-order valence-corrected chi connectivity index (χ0v) is 17.6. The van der Waals surface area contributed by atoms with Crippen molar-refractivity contribution in [1.82, 2.24) is 9.97 Å². The molecule has 0 aliphatic carbocycles. The van der Waals surface area contributed by atoms with E-state index in [2.05, 4.69) is 15.3 Å². The Bertz CT molecular complexity index is 1390. The number of fused-ring (bicyclic) bond motifs is 1. The number of hydrogen-bond acceptors (Lipinski definition) is 6. The van der Waals surface area contributed by atoms with Crippen LogP contribution in [-0.4, -0.2) is 15.9 Å². The van der Waals surface area contributed by atoms with E-state index in [1.54, 1.807) is 12.1 Å². The molecular weight excluding hydrogens is 431 g/mol. The van der Waals surface area contributed by atoms with Crippen molar-refractivity contribution in [3.63, 3.8) is 0 Å². The van der Waals surface area contributed by atoms with Gasteiger partial charge in [-0.25, -0.2) is 14.4 Å². The standard InChI is InChI=1S/C23H15FN4OS2/c24-15-8-6-14(7-9-15)18-12-30-23(27-18)28-21(29)20-19(25)16-10-11-17(26-22(16)31-20)13-4-2-1-3-5-13/h1-12H,25H2,(H,27,28,29). The molecule has 0 atom stereocenters. The molecule has 3 heterocycles. The zero-order chi connectivity index (χ0) is 21.4. The van der Waals surface area contributed by atoms with Crippen molar-refractivity contribution in [3.8, 4) is 22.5 Å². The summed E-state index contributed by atoms with van der Waals surface area (Å²) in [5, 5.41) is 5.81. The number of thiazole rings is 1. The Kier molecular flexibility index (Phi) is 4.93. The van der Waals surface area contributed by atoms with Gasteiger partial charge in [0.05, 0.1) is 17.1 Å². The Balaban J connectivity index is 1.41. The monoisotopic (exact) mass is 446 g/mol. The minimum atomic E-state index is -0.332. The zero-order valence-electron chi connectivity index (χ0n) is 16.0. The summed E-state index contributed by atoms with van der Waals surface area (Å²) in [6, 6.07) is 19.7. The van der Waals surface area contributed by atoms with Crippen LogP contribution in [0.4, 0.5) is 15.2 Å². The lowest BCUT2D eigenvalue weighted by atomic mass is 10.1. The van der Waals surface area contributed by atoms with Gasteiger partial charge in [-0.1, -0.05) is 30.3 Å². The van der Waals surface area contributed by atoms with Crippen molar-refractivity contribution in [1.29, 1.82) is 0 Å². The lowest BCUT2D eigenvalue weighted by Gasteiger charge is -2.01. The van der Waals surface area contributed by atoms with Crippen molar-refractivity contribution < 1.29 is 9.18 Å². The van der Waals surface area contributed by atoms with Crippen molar-refractivity contribution in [2.45, 2.75) is 0 Å². The Morgan fingerprint density at radius 1 is 0.903 bits per heavy atom. The van der Waals surface area contributed by atoms with E-state index in [1.165, 1.54) is 34.8 Å². The molecule has 5 aromatic rings. The van der Waals surface area contributed by atoms with Crippen LogP contribution in [0.5, 0.6) is 0 Å². The smallest absolute Gasteiger partial charge is 0.269 e. The van der Waals surface area contributed by atoms with Crippen molar-refractivity contribution >= 4 is 49.6 Å². The van der Waals surface area contributed by atoms with Crippen LogP contribution in [0.1, 0.15) is 9.67 Å². The van der Waals surface area contributed by atoms with E-state index in [9.17, 15) is 9.18 Å². The number of nitrogens with one attached hydrogen (secondary N) is 1. The molecule has 0 fully saturated rings. The van der Waals surface area contributed by atoms with Crippen LogP contribution in [0.15, 0.2) is 72.1 Å². The van der Waals surface area contributed by atoms with Gasteiger partial charge in [0.1, 0.15) is 15.5 Å². The normalized spacial score (nSPS) is 11.0. The van der Waals surface area contributed by atoms with E-state index in [0.717, 1.165) is 22.2 Å². The Morgan fingerprint density at radius 2 is 1.65 bits per heavy atom. The summed E-state index contributed by atoms with van der Waals surface area (Å²) >= 11 is 2.55. The lowest BCUT2D eigenvalue weighted by molar-refractivity contribution is 0.103. The van der Waals surface area contributed by atoms with Gasteiger partial charge < -0.3 is 5.73 Å². The third-order valence-electron chi connectivity index (χ3n) is 4.73. The van der Waals surface area contributed by atoms with Gasteiger partial charge >= 0.3 is 0 Å². The maximum atomic E-state index is 13.1. The van der Waals surface area contributed by atoms with E-state index in [1.807, 2.05) is 47.8 Å². The average Bonchev–Trinajstić information content (AvgIpc) is 3.39. The van der Waals surface area contributed by atoms with Gasteiger partial charge in [-0.15, -0.1) is 22.7 Å². The molecule has 0 aliphatic heterocycles. The summed E-state index contributed by atoms with van der Waals surface area (Å²) in [7, 11) is 0. The SMILES string of the molecule is Nc1c(C(=O)Nc2nc(-c3ccc(F)cc3)cs2)sc2nc(-c3ccccc3)ccc12. The first-order chi connectivity index (χ1) is 15.1. The fourth-order valence-electron chi connectivity index (χ4n) is 3.17. The maximum Gasteiger partial charge on any atom is 0.269 e. The summed E-state index contributed by atoms with van der Waals surface area (Å²) < 4.78 is 13.1. The highest BCUT2D eigenvalue weighted by atomic mass is 32.1. The molecule has 8 heteroatoms. The van der Waals surface area contributed by atoms with Crippen molar-refractivity contribution in [2.75, 3.05) is 11.1 Å². The fraction of sp³-hybridized carbons (Fsp3) is 0. The number of nitrogens with zero attached hydrogens (tertiary/aromatic N) is 2. The molecule has 0 aliphatic rings. The van der Waals surface area contributed by atoms with Gasteiger partial charge in [0.25, 0.3) is 5.91 Å². The molecule has 0 bridgehead atoms. The molecule has 2 aromatic carbocycles. The molecule has 152 valence electrons. The summed E-state index contributed by atoms with van der Waals surface area (Å²) in [6.45, 7) is 0. The highest BCUT2D eigenvalue weighted by molar-refractivity contribution is 7.21. The number of amides is 1. The predicted octanol–water partition coefficient (Wildman–Crippen LogP) is 6.06. The van der Waals surface area contributed by atoms with Gasteiger partial charge in [0, 0.05) is 21.9 Å². The van der Waals surface area contributed by atoms with Crippen molar-refractivity contribution in [2.24, 2.45) is 0 Å². The topological polar surface area (TPSA) is 80.9 Å². The van der Waals surface area contributed by atoms with E-state index in [4.69, 9.17) is 5.73 Å². The molecule has 0 saturated carbocycles. The number of nitrogens with two attached hydrogens (primary N) is 1. The first-order valence-electron chi connectivity index (χ1n) is 9.36. The summed E-state index contributed by atoms with van der Waals surface area (Å²) in [5.41, 5.74) is 9.92. The number of carbonyl (C=O) groups is 1. The quantitative estimate of drug-likeness (QED) is 0.352. The Hall–Kier alpha value is -3.62. The third kappa shape index (κ3) is 3.78. The van der Waals surface area contributed by atoms with E-state index >= 15 is 0 Å². The molecule has 5 rings (SSSR count). The second-order valence-corrected chi connectivity index (χ2v) is 8.62. The minimum absolute atomic E-state index is 0.309. The van der Waals surface area contributed by atoms with Gasteiger partial charge in [-0.05, 0) is 36.4 Å². The first kappa shape index (κ1) is 19.3. The molecule has 0 radical (unpaired) electrons. The van der Waals surface area contributed by atoms with E-state index in [0.29, 0.717) is 26.2 Å². The fourth-order valence-corrected chi connectivity index (χ4v) is 4.88. The molecule has 31 heavy (non-hydrogen) atoms. The average molecular weight is 447 g/mol. The Morgan fingerprint density at radius 3 is 2.42 bits per heavy atom. The van der Waals surface area contributed by atoms with Gasteiger partial charge in [0.15, 0.2) is 5.13 Å². The molecule has 5 nitrogen and oxygen atoms in total. The van der Waals surface area contributed by atoms with Crippen LogP contribution in [0.25, 0.3) is 32.7 Å². The maximum absolute atomic E-state index is 13.1. The van der Waals surface area contributed by atoms with Gasteiger partial charge in [-0.3, -0.25) is 10.1 Å². The number of anilines is 2. The molecular formula is C23H15FN4OS2. The molecule has 3 aromatic heterocycles. The van der Waals surface area contributed by atoms with Crippen LogP contribution >= 0.6 is 22.7 Å². The number of benzene rings is 2. The first-order valence-corrected chi connectivity index (χ1v) is 11.1. The minimum Gasteiger partial charge on any atom is -0.397 e. The Labute approximate surface area is 185 Å². The van der Waals surface area contributed by atoms with Crippen molar-refractivity contribution in [3.05, 3.63) is 82.8 Å². The second-order valence-electron chi connectivity index (χ2n) is 6.76. The number of aromatic nitrogens is 2. The second kappa shape index (κ2) is 7.90.